The molecule has 0 unspecified atom stereocenters. The lowest BCUT2D eigenvalue weighted by atomic mass is 10.2. The maximum atomic E-state index is 12.8. The Morgan fingerprint density at radius 3 is 3.15 bits per heavy atom. The van der Waals surface area contributed by atoms with E-state index in [4.69, 9.17) is 9.72 Å². The number of nitrogens with one attached hydrogen (secondary N) is 2. The number of ether oxygens (including phenoxy) is 1. The lowest BCUT2D eigenvalue weighted by molar-refractivity contribution is 0.205. The van der Waals surface area contributed by atoms with Crippen molar-refractivity contribution in [3.63, 3.8) is 0 Å². The van der Waals surface area contributed by atoms with Gasteiger partial charge in [0.2, 0.25) is 0 Å². The summed E-state index contributed by atoms with van der Waals surface area (Å²) >= 11 is 1.59. The lowest BCUT2D eigenvalue weighted by Gasteiger charge is -2.21. The average molecular weight is 374 g/mol. The van der Waals surface area contributed by atoms with E-state index in [1.165, 1.54) is 4.88 Å². The summed E-state index contributed by atoms with van der Waals surface area (Å²) in [5.74, 6) is 1.56. The number of fused-ring (bicyclic) bond motifs is 3. The molecule has 3 aromatic heterocycles. The van der Waals surface area contributed by atoms with Gasteiger partial charge in [0.1, 0.15) is 18.3 Å². The van der Waals surface area contributed by atoms with Crippen molar-refractivity contribution >= 4 is 28.1 Å². The quantitative estimate of drug-likeness (QED) is 0.690. The smallest absolute Gasteiger partial charge is 0.189 e. The number of nitrogens with zero attached hydrogens (tertiary/aromatic N) is 4. The Kier molecular flexibility index (Phi) is 4.81. The van der Waals surface area contributed by atoms with Crippen LogP contribution in [0.3, 0.4) is 0 Å². The highest BCUT2D eigenvalue weighted by Crippen LogP contribution is 2.39. The van der Waals surface area contributed by atoms with Crippen molar-refractivity contribution in [2.24, 2.45) is 0 Å². The standard InChI is InChI=1S/C17H19FN6OS/c1-25-8-7-24-6-5-13-15(12-10-19-23-16(12)24)22-17(26-13)21-14-4-2-3-11(9-18)20-14/h2-4,10H,5-9H2,1H3,(H,19,23)(H,20,21,22). The molecule has 26 heavy (non-hydrogen) atoms. The second kappa shape index (κ2) is 7.38. The van der Waals surface area contributed by atoms with Crippen LogP contribution in [0, 0.1) is 0 Å². The molecule has 0 aromatic carbocycles. The van der Waals surface area contributed by atoms with Crippen molar-refractivity contribution in [2.75, 3.05) is 37.0 Å². The Balaban J connectivity index is 1.61. The molecule has 4 rings (SSSR count). The molecule has 136 valence electrons. The third kappa shape index (κ3) is 3.27. The van der Waals surface area contributed by atoms with Crippen LogP contribution in [0.5, 0.6) is 0 Å². The van der Waals surface area contributed by atoms with Gasteiger partial charge in [-0.05, 0) is 12.1 Å². The van der Waals surface area contributed by atoms with Crippen molar-refractivity contribution in [3.8, 4) is 11.3 Å². The van der Waals surface area contributed by atoms with Crippen LogP contribution in [0.25, 0.3) is 11.3 Å². The molecule has 1 aliphatic heterocycles. The molecule has 9 heteroatoms. The summed E-state index contributed by atoms with van der Waals surface area (Å²) in [6, 6.07) is 5.25. The highest BCUT2D eigenvalue weighted by atomic mass is 32.1. The normalized spacial score (nSPS) is 13.2. The van der Waals surface area contributed by atoms with Crippen LogP contribution in [-0.4, -0.2) is 47.0 Å². The number of aromatic amines is 1. The molecule has 2 N–H and O–H groups in total. The predicted molar refractivity (Wildman–Crippen MR) is 99.8 cm³/mol. The highest BCUT2D eigenvalue weighted by molar-refractivity contribution is 7.16. The summed E-state index contributed by atoms with van der Waals surface area (Å²) in [5.41, 5.74) is 2.32. The largest absolute Gasteiger partial charge is 0.383 e. The first-order chi connectivity index (χ1) is 12.8. The van der Waals surface area contributed by atoms with Crippen molar-refractivity contribution < 1.29 is 9.13 Å². The minimum Gasteiger partial charge on any atom is -0.383 e. The Hall–Kier alpha value is -2.52. The van der Waals surface area contributed by atoms with Crippen molar-refractivity contribution in [2.45, 2.75) is 13.1 Å². The van der Waals surface area contributed by atoms with E-state index in [0.29, 0.717) is 18.1 Å². The van der Waals surface area contributed by atoms with E-state index in [-0.39, 0.29) is 0 Å². The van der Waals surface area contributed by atoms with Crippen molar-refractivity contribution in [1.82, 2.24) is 20.2 Å². The van der Waals surface area contributed by atoms with Crippen LogP contribution in [0.2, 0.25) is 0 Å². The Bertz CT molecular complexity index is 895. The number of halogens is 1. The average Bonchev–Trinajstić information content (AvgIpc) is 3.26. The van der Waals surface area contributed by atoms with E-state index in [9.17, 15) is 4.39 Å². The number of H-pyrrole nitrogens is 1. The zero-order chi connectivity index (χ0) is 17.9. The van der Waals surface area contributed by atoms with Gasteiger partial charge >= 0.3 is 0 Å². The topological polar surface area (TPSA) is 79.0 Å². The van der Waals surface area contributed by atoms with Gasteiger partial charge in [-0.3, -0.25) is 5.10 Å². The molecule has 0 radical (unpaired) electrons. The SMILES string of the molecule is COCCN1CCc2sc(Nc3cccc(CF)n3)nc2-c2cn[nH]c21. The number of alkyl halides is 1. The maximum absolute atomic E-state index is 12.8. The van der Waals surface area contributed by atoms with Crippen LogP contribution < -0.4 is 10.2 Å². The number of pyridine rings is 1. The lowest BCUT2D eigenvalue weighted by Crippen LogP contribution is -2.29. The molecule has 0 atom stereocenters. The molecule has 0 amide bonds. The number of hydrogen-bond acceptors (Lipinski definition) is 7. The Morgan fingerprint density at radius 1 is 1.38 bits per heavy atom. The minimum atomic E-state index is -0.584. The number of methoxy groups -OCH3 is 1. The third-order valence-electron chi connectivity index (χ3n) is 4.24. The van der Waals surface area contributed by atoms with Crippen LogP contribution in [0.1, 0.15) is 10.6 Å². The number of thiazole rings is 1. The van der Waals surface area contributed by atoms with Crippen LogP contribution in [-0.2, 0) is 17.8 Å². The minimum absolute atomic E-state index is 0.402. The molecule has 0 fully saturated rings. The second-order valence-corrected chi connectivity index (χ2v) is 7.01. The van der Waals surface area contributed by atoms with E-state index in [1.807, 2.05) is 12.3 Å². The summed E-state index contributed by atoms with van der Waals surface area (Å²) in [4.78, 5) is 12.4. The van der Waals surface area contributed by atoms with E-state index in [2.05, 4.69) is 25.4 Å². The van der Waals surface area contributed by atoms with Gasteiger partial charge < -0.3 is 15.0 Å². The number of anilines is 3. The van der Waals surface area contributed by atoms with E-state index in [1.54, 1.807) is 30.6 Å². The molecule has 3 aromatic rings. The Labute approximate surface area is 154 Å². The molecule has 4 heterocycles. The van der Waals surface area contributed by atoms with Gasteiger partial charge in [-0.25, -0.2) is 14.4 Å². The Morgan fingerprint density at radius 2 is 2.31 bits per heavy atom. The molecule has 0 bridgehead atoms. The molecular formula is C17H19FN6OS. The summed E-state index contributed by atoms with van der Waals surface area (Å²) in [6.07, 6.45) is 2.70. The van der Waals surface area contributed by atoms with Gasteiger partial charge in [0.25, 0.3) is 0 Å². The van der Waals surface area contributed by atoms with Gasteiger partial charge in [-0.1, -0.05) is 6.07 Å². The molecule has 7 nitrogen and oxygen atoms in total. The highest BCUT2D eigenvalue weighted by Gasteiger charge is 2.25. The second-order valence-electron chi connectivity index (χ2n) is 5.93. The fraction of sp³-hybridized carbons (Fsp3) is 0.353. The summed E-state index contributed by atoms with van der Waals surface area (Å²) in [7, 11) is 1.70. The fourth-order valence-corrected chi connectivity index (χ4v) is 3.96. The van der Waals surface area contributed by atoms with Crippen LogP contribution in [0.4, 0.5) is 21.2 Å². The van der Waals surface area contributed by atoms with Gasteiger partial charge in [-0.15, -0.1) is 11.3 Å². The zero-order valence-corrected chi connectivity index (χ0v) is 15.1. The first kappa shape index (κ1) is 16.9. The van der Waals surface area contributed by atoms with Gasteiger partial charge in [-0.2, -0.15) is 5.10 Å². The maximum Gasteiger partial charge on any atom is 0.189 e. The zero-order valence-electron chi connectivity index (χ0n) is 14.3. The third-order valence-corrected chi connectivity index (χ3v) is 5.27. The van der Waals surface area contributed by atoms with Crippen LogP contribution >= 0.6 is 11.3 Å². The fourth-order valence-electron chi connectivity index (χ4n) is 2.99. The predicted octanol–water partition coefficient (Wildman–Crippen LogP) is 3.15. The van der Waals surface area contributed by atoms with E-state index in [0.717, 1.165) is 41.7 Å². The van der Waals surface area contributed by atoms with Gasteiger partial charge in [0.15, 0.2) is 5.13 Å². The van der Waals surface area contributed by atoms with Gasteiger partial charge in [0, 0.05) is 31.5 Å². The number of rotatable bonds is 6. The van der Waals surface area contributed by atoms with Crippen molar-refractivity contribution in [3.05, 3.63) is 35.0 Å². The molecule has 0 saturated heterocycles. The van der Waals surface area contributed by atoms with E-state index < -0.39 is 6.67 Å². The molecule has 0 saturated carbocycles. The monoisotopic (exact) mass is 374 g/mol. The molecule has 0 aliphatic carbocycles. The van der Waals surface area contributed by atoms with E-state index >= 15 is 0 Å². The molecule has 1 aliphatic rings. The van der Waals surface area contributed by atoms with Crippen molar-refractivity contribution in [1.29, 1.82) is 0 Å². The summed E-state index contributed by atoms with van der Waals surface area (Å²) in [5, 5.41) is 11.2. The summed E-state index contributed by atoms with van der Waals surface area (Å²) in [6.45, 7) is 1.73. The summed E-state index contributed by atoms with van der Waals surface area (Å²) < 4.78 is 18.0. The van der Waals surface area contributed by atoms with Crippen LogP contribution in [0.15, 0.2) is 24.4 Å². The molecular weight excluding hydrogens is 355 g/mol. The van der Waals surface area contributed by atoms with Gasteiger partial charge in [0.05, 0.1) is 29.8 Å². The molecule has 0 spiro atoms. The first-order valence-electron chi connectivity index (χ1n) is 8.34. The first-order valence-corrected chi connectivity index (χ1v) is 9.16. The number of aromatic nitrogens is 4. The number of hydrogen-bond donors (Lipinski definition) is 2.